The van der Waals surface area contributed by atoms with Gasteiger partial charge in [-0.2, -0.15) is 0 Å². The SMILES string of the molecule is COc1ccc(C=CCCCNc2ccccc2)cc1. The van der Waals surface area contributed by atoms with Crippen LogP contribution in [-0.2, 0) is 0 Å². The van der Waals surface area contributed by atoms with Crippen LogP contribution in [0.2, 0.25) is 0 Å². The standard InChI is InChI=1S/C18H21NO/c1-20-18-13-11-16(12-14-18)8-4-3-7-15-19-17-9-5-2-6-10-17/h2,4-6,8-14,19H,3,7,15H2,1H3. The van der Waals surface area contributed by atoms with E-state index in [-0.39, 0.29) is 0 Å². The Kier molecular flexibility index (Phi) is 5.71. The summed E-state index contributed by atoms with van der Waals surface area (Å²) in [6.45, 7) is 0.997. The fourth-order valence-corrected chi connectivity index (χ4v) is 1.94. The van der Waals surface area contributed by atoms with Gasteiger partial charge in [-0.05, 0) is 42.7 Å². The molecular weight excluding hydrogens is 246 g/mol. The van der Waals surface area contributed by atoms with Crippen LogP contribution in [0.1, 0.15) is 18.4 Å². The van der Waals surface area contributed by atoms with Crippen molar-refractivity contribution in [2.45, 2.75) is 12.8 Å². The summed E-state index contributed by atoms with van der Waals surface area (Å²) in [5, 5.41) is 3.41. The van der Waals surface area contributed by atoms with Gasteiger partial charge in [0.1, 0.15) is 5.75 Å². The highest BCUT2D eigenvalue weighted by Gasteiger charge is 1.91. The fourth-order valence-electron chi connectivity index (χ4n) is 1.94. The summed E-state index contributed by atoms with van der Waals surface area (Å²) in [6.07, 6.45) is 6.57. The number of ether oxygens (including phenoxy) is 1. The third-order valence-electron chi connectivity index (χ3n) is 3.08. The summed E-state index contributed by atoms with van der Waals surface area (Å²) in [6, 6.07) is 18.4. The van der Waals surface area contributed by atoms with E-state index in [9.17, 15) is 0 Å². The Morgan fingerprint density at radius 3 is 2.45 bits per heavy atom. The zero-order valence-electron chi connectivity index (χ0n) is 11.9. The molecular formula is C18H21NO. The maximum atomic E-state index is 5.14. The van der Waals surface area contributed by atoms with Crippen LogP contribution >= 0.6 is 0 Å². The number of nitrogens with one attached hydrogen (secondary N) is 1. The van der Waals surface area contributed by atoms with Crippen molar-refractivity contribution in [1.82, 2.24) is 0 Å². The minimum atomic E-state index is 0.897. The molecule has 0 spiro atoms. The molecule has 0 saturated carbocycles. The Bertz CT molecular complexity index is 517. The highest BCUT2D eigenvalue weighted by molar-refractivity contribution is 5.50. The topological polar surface area (TPSA) is 21.3 Å². The molecule has 0 saturated heterocycles. The molecule has 0 aromatic heterocycles. The predicted octanol–water partition coefficient (Wildman–Crippen LogP) is 4.60. The lowest BCUT2D eigenvalue weighted by Crippen LogP contribution is -2.00. The summed E-state index contributed by atoms with van der Waals surface area (Å²) < 4.78 is 5.14. The number of allylic oxidation sites excluding steroid dienone is 1. The molecule has 104 valence electrons. The summed E-state index contributed by atoms with van der Waals surface area (Å²) in [7, 11) is 1.69. The first-order valence-electron chi connectivity index (χ1n) is 6.98. The van der Waals surface area contributed by atoms with Gasteiger partial charge in [0.2, 0.25) is 0 Å². The molecule has 0 aliphatic heterocycles. The first kappa shape index (κ1) is 14.2. The molecule has 1 N–H and O–H groups in total. The van der Waals surface area contributed by atoms with E-state index in [0.717, 1.165) is 25.1 Å². The number of hydrogen-bond acceptors (Lipinski definition) is 2. The van der Waals surface area contributed by atoms with E-state index < -0.39 is 0 Å². The van der Waals surface area contributed by atoms with Crippen LogP contribution < -0.4 is 10.1 Å². The zero-order chi connectivity index (χ0) is 14.0. The van der Waals surface area contributed by atoms with Gasteiger partial charge in [-0.15, -0.1) is 0 Å². The molecule has 0 heterocycles. The van der Waals surface area contributed by atoms with Gasteiger partial charge >= 0.3 is 0 Å². The van der Waals surface area contributed by atoms with E-state index in [1.807, 2.05) is 30.3 Å². The average Bonchev–Trinajstić information content (AvgIpc) is 2.52. The lowest BCUT2D eigenvalue weighted by atomic mass is 10.2. The Morgan fingerprint density at radius 2 is 1.75 bits per heavy atom. The number of anilines is 1. The van der Waals surface area contributed by atoms with Crippen LogP contribution in [0.4, 0.5) is 5.69 Å². The molecule has 0 bridgehead atoms. The number of para-hydroxylation sites is 1. The van der Waals surface area contributed by atoms with Crippen LogP contribution in [0.25, 0.3) is 6.08 Å². The van der Waals surface area contributed by atoms with Crippen molar-refractivity contribution >= 4 is 11.8 Å². The van der Waals surface area contributed by atoms with Gasteiger partial charge in [-0.1, -0.05) is 42.5 Å². The van der Waals surface area contributed by atoms with Crippen molar-refractivity contribution in [2.75, 3.05) is 19.0 Å². The van der Waals surface area contributed by atoms with Crippen LogP contribution in [0.15, 0.2) is 60.7 Å². The van der Waals surface area contributed by atoms with Crippen molar-refractivity contribution < 1.29 is 4.74 Å². The molecule has 0 atom stereocenters. The van der Waals surface area contributed by atoms with Gasteiger partial charge in [-0.3, -0.25) is 0 Å². The van der Waals surface area contributed by atoms with Crippen molar-refractivity contribution in [3.05, 3.63) is 66.2 Å². The quantitative estimate of drug-likeness (QED) is 0.740. The third-order valence-corrected chi connectivity index (χ3v) is 3.08. The van der Waals surface area contributed by atoms with Gasteiger partial charge in [0.25, 0.3) is 0 Å². The second kappa shape index (κ2) is 8.05. The van der Waals surface area contributed by atoms with E-state index in [2.05, 4.69) is 41.7 Å². The van der Waals surface area contributed by atoms with Gasteiger partial charge in [0.15, 0.2) is 0 Å². The summed E-state index contributed by atoms with van der Waals surface area (Å²) in [5.74, 6) is 0.897. The van der Waals surface area contributed by atoms with E-state index in [1.165, 1.54) is 11.3 Å². The molecule has 0 radical (unpaired) electrons. The predicted molar refractivity (Wildman–Crippen MR) is 86.2 cm³/mol. The molecule has 2 rings (SSSR count). The molecule has 2 heteroatoms. The largest absolute Gasteiger partial charge is 0.497 e. The Balaban J connectivity index is 1.66. The maximum absolute atomic E-state index is 5.14. The molecule has 2 nitrogen and oxygen atoms in total. The summed E-state index contributed by atoms with van der Waals surface area (Å²) in [5.41, 5.74) is 2.40. The van der Waals surface area contributed by atoms with E-state index in [1.54, 1.807) is 7.11 Å². The average molecular weight is 267 g/mol. The van der Waals surface area contributed by atoms with Crippen LogP contribution in [0.3, 0.4) is 0 Å². The van der Waals surface area contributed by atoms with Crippen molar-refractivity contribution in [3.8, 4) is 5.75 Å². The number of benzene rings is 2. The Morgan fingerprint density at radius 1 is 1.00 bits per heavy atom. The van der Waals surface area contributed by atoms with E-state index in [4.69, 9.17) is 4.74 Å². The molecule has 0 aliphatic carbocycles. The van der Waals surface area contributed by atoms with Crippen LogP contribution in [-0.4, -0.2) is 13.7 Å². The van der Waals surface area contributed by atoms with Gasteiger partial charge in [-0.25, -0.2) is 0 Å². The second-order valence-corrected chi connectivity index (χ2v) is 4.61. The number of rotatable bonds is 7. The van der Waals surface area contributed by atoms with E-state index in [0.29, 0.717) is 0 Å². The number of methoxy groups -OCH3 is 1. The van der Waals surface area contributed by atoms with Crippen molar-refractivity contribution in [1.29, 1.82) is 0 Å². The normalized spacial score (nSPS) is 10.7. The van der Waals surface area contributed by atoms with Crippen molar-refractivity contribution in [3.63, 3.8) is 0 Å². The summed E-state index contributed by atoms with van der Waals surface area (Å²) in [4.78, 5) is 0. The van der Waals surface area contributed by atoms with Gasteiger partial charge < -0.3 is 10.1 Å². The molecule has 0 unspecified atom stereocenters. The first-order valence-corrected chi connectivity index (χ1v) is 6.98. The molecule has 2 aromatic carbocycles. The molecule has 0 amide bonds. The van der Waals surface area contributed by atoms with Crippen LogP contribution in [0, 0.1) is 0 Å². The Hall–Kier alpha value is -2.22. The lowest BCUT2D eigenvalue weighted by Gasteiger charge is -2.04. The van der Waals surface area contributed by atoms with E-state index >= 15 is 0 Å². The summed E-state index contributed by atoms with van der Waals surface area (Å²) >= 11 is 0. The molecule has 20 heavy (non-hydrogen) atoms. The van der Waals surface area contributed by atoms with Gasteiger partial charge in [0.05, 0.1) is 7.11 Å². The molecule has 0 fully saturated rings. The lowest BCUT2D eigenvalue weighted by molar-refractivity contribution is 0.415. The molecule has 2 aromatic rings. The molecule has 0 aliphatic rings. The third kappa shape index (κ3) is 4.81. The van der Waals surface area contributed by atoms with Crippen LogP contribution in [0.5, 0.6) is 5.75 Å². The highest BCUT2D eigenvalue weighted by Crippen LogP contribution is 2.12. The second-order valence-electron chi connectivity index (χ2n) is 4.61. The van der Waals surface area contributed by atoms with Crippen molar-refractivity contribution in [2.24, 2.45) is 0 Å². The highest BCUT2D eigenvalue weighted by atomic mass is 16.5. The number of unbranched alkanes of at least 4 members (excludes halogenated alkanes) is 1. The van der Waals surface area contributed by atoms with Gasteiger partial charge in [0, 0.05) is 12.2 Å². The maximum Gasteiger partial charge on any atom is 0.118 e. The minimum Gasteiger partial charge on any atom is -0.497 e. The minimum absolute atomic E-state index is 0.897. The number of hydrogen-bond donors (Lipinski definition) is 1. The smallest absolute Gasteiger partial charge is 0.118 e. The fraction of sp³-hybridized carbons (Fsp3) is 0.222. The monoisotopic (exact) mass is 267 g/mol. The Labute approximate surface area is 121 Å². The zero-order valence-corrected chi connectivity index (χ0v) is 11.9. The first-order chi connectivity index (χ1) is 9.88.